The first-order valence-corrected chi connectivity index (χ1v) is 11.5. The van der Waals surface area contributed by atoms with Crippen LogP contribution in [0.1, 0.15) is 15.9 Å². The number of nitrogens with zero attached hydrogens (tertiary/aromatic N) is 2. The summed E-state index contributed by atoms with van der Waals surface area (Å²) in [4.78, 5) is 14.5. The van der Waals surface area contributed by atoms with Gasteiger partial charge in [0.1, 0.15) is 23.0 Å². The van der Waals surface area contributed by atoms with Gasteiger partial charge in [0, 0.05) is 17.3 Å². The Morgan fingerprint density at radius 1 is 0.909 bits per heavy atom. The number of esters is 1. The standard InChI is InChI=1S/C24H22N2O6S/c1-30-19-14-17(15-20(16-19)31-2)24(27)32-13-12-26(18-8-4-3-5-9-18)23-21-10-6-7-11-22(21)33(28,29)25-23/h3-11,14-16H,12-13H2,1-2H3. The lowest BCUT2D eigenvalue weighted by Gasteiger charge is -2.24. The normalized spacial score (nSPS) is 13.6. The van der Waals surface area contributed by atoms with E-state index in [9.17, 15) is 13.2 Å². The fourth-order valence-electron chi connectivity index (χ4n) is 3.49. The molecule has 0 aromatic heterocycles. The lowest BCUT2D eigenvalue weighted by Crippen LogP contribution is -2.34. The van der Waals surface area contributed by atoms with Crippen molar-refractivity contribution in [2.24, 2.45) is 4.40 Å². The number of fused-ring (bicyclic) bond motifs is 1. The topological polar surface area (TPSA) is 94.5 Å². The van der Waals surface area contributed by atoms with Crippen LogP contribution < -0.4 is 14.4 Å². The van der Waals surface area contributed by atoms with Crippen molar-refractivity contribution in [3.8, 4) is 11.5 Å². The molecule has 0 spiro atoms. The Bertz CT molecular complexity index is 1280. The second-order valence-electron chi connectivity index (χ2n) is 7.11. The molecule has 0 amide bonds. The van der Waals surface area contributed by atoms with E-state index in [1.807, 2.05) is 30.3 Å². The molecular weight excluding hydrogens is 444 g/mol. The molecule has 0 radical (unpaired) electrons. The summed E-state index contributed by atoms with van der Waals surface area (Å²) in [5, 5.41) is 0. The SMILES string of the molecule is COc1cc(OC)cc(C(=O)OCCN(C2=NS(=O)(=O)c3ccccc32)c2ccccc2)c1. The highest BCUT2D eigenvalue weighted by Crippen LogP contribution is 2.30. The predicted octanol–water partition coefficient (Wildman–Crippen LogP) is 3.52. The minimum Gasteiger partial charge on any atom is -0.497 e. The van der Waals surface area contributed by atoms with Gasteiger partial charge in [-0.15, -0.1) is 4.40 Å². The summed E-state index contributed by atoms with van der Waals surface area (Å²) in [6, 6.07) is 20.6. The largest absolute Gasteiger partial charge is 0.497 e. The molecule has 0 N–H and O–H groups in total. The fourth-order valence-corrected chi connectivity index (χ4v) is 4.70. The number of amidine groups is 1. The van der Waals surface area contributed by atoms with E-state index in [1.165, 1.54) is 20.3 Å². The molecular formula is C24H22N2O6S. The summed E-state index contributed by atoms with van der Waals surface area (Å²) in [5.74, 6) is 0.668. The van der Waals surface area contributed by atoms with Crippen molar-refractivity contribution in [1.29, 1.82) is 0 Å². The fraction of sp³-hybridized carbons (Fsp3) is 0.167. The van der Waals surface area contributed by atoms with E-state index < -0.39 is 16.0 Å². The number of rotatable bonds is 7. The van der Waals surface area contributed by atoms with Crippen molar-refractivity contribution >= 4 is 27.5 Å². The number of carbonyl (C=O) groups excluding carboxylic acids is 1. The van der Waals surface area contributed by atoms with Crippen molar-refractivity contribution in [3.05, 3.63) is 83.9 Å². The zero-order chi connectivity index (χ0) is 23.4. The zero-order valence-electron chi connectivity index (χ0n) is 18.1. The van der Waals surface area contributed by atoms with Crippen LogP contribution in [0.15, 0.2) is 82.1 Å². The van der Waals surface area contributed by atoms with Gasteiger partial charge in [-0.1, -0.05) is 30.3 Å². The maximum absolute atomic E-state index is 12.6. The first kappa shape index (κ1) is 22.3. The summed E-state index contributed by atoms with van der Waals surface area (Å²) in [5.41, 5.74) is 1.51. The van der Waals surface area contributed by atoms with Crippen molar-refractivity contribution in [2.45, 2.75) is 4.90 Å². The lowest BCUT2D eigenvalue weighted by atomic mass is 10.1. The van der Waals surface area contributed by atoms with E-state index in [4.69, 9.17) is 14.2 Å². The van der Waals surface area contributed by atoms with Gasteiger partial charge in [0.05, 0.1) is 26.3 Å². The Morgan fingerprint density at radius 3 is 2.21 bits per heavy atom. The lowest BCUT2D eigenvalue weighted by molar-refractivity contribution is 0.0516. The molecule has 1 aliphatic heterocycles. The van der Waals surface area contributed by atoms with Gasteiger partial charge in [-0.3, -0.25) is 0 Å². The van der Waals surface area contributed by atoms with Gasteiger partial charge in [0.15, 0.2) is 5.84 Å². The minimum absolute atomic E-state index is 0.00547. The average Bonchev–Trinajstić information content (AvgIpc) is 3.12. The average molecular weight is 467 g/mol. The van der Waals surface area contributed by atoms with Crippen LogP contribution in [-0.4, -0.2) is 47.6 Å². The number of benzene rings is 3. The highest BCUT2D eigenvalue weighted by molar-refractivity contribution is 7.90. The summed E-state index contributed by atoms with van der Waals surface area (Å²) >= 11 is 0. The third kappa shape index (κ3) is 4.68. The Labute approximate surface area is 192 Å². The molecule has 0 unspecified atom stereocenters. The summed E-state index contributed by atoms with van der Waals surface area (Å²) in [7, 11) is -0.805. The molecule has 4 rings (SSSR count). The van der Waals surface area contributed by atoms with Crippen LogP contribution in [-0.2, 0) is 14.8 Å². The number of ether oxygens (including phenoxy) is 3. The third-order valence-corrected chi connectivity index (χ3v) is 6.40. The van der Waals surface area contributed by atoms with Crippen molar-refractivity contribution in [2.75, 3.05) is 32.3 Å². The molecule has 3 aromatic rings. The quantitative estimate of drug-likeness (QED) is 0.492. The van der Waals surface area contributed by atoms with Crippen LogP contribution in [0, 0.1) is 0 Å². The molecule has 8 nitrogen and oxygen atoms in total. The predicted molar refractivity (Wildman–Crippen MR) is 124 cm³/mol. The summed E-state index contributed by atoms with van der Waals surface area (Å²) < 4.78 is 45.0. The van der Waals surface area contributed by atoms with Gasteiger partial charge in [0.2, 0.25) is 0 Å². The highest BCUT2D eigenvalue weighted by atomic mass is 32.2. The number of para-hydroxylation sites is 1. The van der Waals surface area contributed by atoms with Gasteiger partial charge in [-0.2, -0.15) is 8.42 Å². The summed E-state index contributed by atoms with van der Waals surface area (Å²) in [6.07, 6.45) is 0. The van der Waals surface area contributed by atoms with Crippen molar-refractivity contribution in [3.63, 3.8) is 0 Å². The van der Waals surface area contributed by atoms with Gasteiger partial charge >= 0.3 is 5.97 Å². The van der Waals surface area contributed by atoms with Crippen LogP contribution >= 0.6 is 0 Å². The maximum Gasteiger partial charge on any atom is 0.338 e. The zero-order valence-corrected chi connectivity index (χ0v) is 18.9. The molecule has 170 valence electrons. The maximum atomic E-state index is 12.6. The Balaban J connectivity index is 1.57. The van der Waals surface area contributed by atoms with Gasteiger partial charge in [-0.25, -0.2) is 4.79 Å². The van der Waals surface area contributed by atoms with Crippen LogP contribution in [0.3, 0.4) is 0 Å². The smallest absolute Gasteiger partial charge is 0.338 e. The van der Waals surface area contributed by atoms with E-state index in [0.29, 0.717) is 17.1 Å². The van der Waals surface area contributed by atoms with Crippen LogP contribution in [0.4, 0.5) is 5.69 Å². The van der Waals surface area contributed by atoms with E-state index >= 15 is 0 Å². The van der Waals surface area contributed by atoms with Crippen molar-refractivity contribution < 1.29 is 27.4 Å². The molecule has 0 bridgehead atoms. The van der Waals surface area contributed by atoms with E-state index in [2.05, 4.69) is 4.40 Å². The van der Waals surface area contributed by atoms with Crippen molar-refractivity contribution in [1.82, 2.24) is 0 Å². The number of methoxy groups -OCH3 is 2. The number of anilines is 1. The molecule has 0 aliphatic carbocycles. The van der Waals surface area contributed by atoms with E-state index in [0.717, 1.165) is 5.69 Å². The molecule has 0 saturated heterocycles. The van der Waals surface area contributed by atoms with Gasteiger partial charge in [0.25, 0.3) is 10.0 Å². The minimum atomic E-state index is -3.80. The highest BCUT2D eigenvalue weighted by Gasteiger charge is 2.32. The van der Waals surface area contributed by atoms with Crippen LogP contribution in [0.5, 0.6) is 11.5 Å². The van der Waals surface area contributed by atoms with Gasteiger partial charge in [-0.05, 0) is 36.4 Å². The molecule has 0 atom stereocenters. The molecule has 33 heavy (non-hydrogen) atoms. The molecule has 0 saturated carbocycles. The Morgan fingerprint density at radius 2 is 1.55 bits per heavy atom. The number of hydrogen-bond acceptors (Lipinski definition) is 7. The summed E-state index contributed by atoms with van der Waals surface area (Å²) in [6.45, 7) is 0.189. The third-order valence-electron chi connectivity index (χ3n) is 5.07. The number of carbonyl (C=O) groups is 1. The molecule has 1 aliphatic rings. The molecule has 0 fully saturated rings. The number of hydrogen-bond donors (Lipinski definition) is 0. The Kier molecular flexibility index (Phi) is 6.32. The molecule has 9 heteroatoms. The first-order valence-electron chi connectivity index (χ1n) is 10.1. The van der Waals surface area contributed by atoms with E-state index in [1.54, 1.807) is 41.3 Å². The second-order valence-corrected chi connectivity index (χ2v) is 8.68. The molecule has 3 aromatic carbocycles. The second kappa shape index (κ2) is 9.33. The number of sulfonamides is 1. The van der Waals surface area contributed by atoms with Crippen LogP contribution in [0.2, 0.25) is 0 Å². The monoisotopic (exact) mass is 466 g/mol. The first-order chi connectivity index (χ1) is 15.9. The Hall–Kier alpha value is -3.85. The van der Waals surface area contributed by atoms with Crippen LogP contribution in [0.25, 0.3) is 0 Å². The van der Waals surface area contributed by atoms with E-state index in [-0.39, 0.29) is 29.4 Å². The van der Waals surface area contributed by atoms with Gasteiger partial charge < -0.3 is 19.1 Å². The molecule has 1 heterocycles.